The second-order valence-corrected chi connectivity index (χ2v) is 7.81. The fraction of sp³-hybridized carbons (Fsp3) is 0.478. The zero-order valence-electron chi connectivity index (χ0n) is 17.8. The molecule has 2 heterocycles. The van der Waals surface area contributed by atoms with Crippen LogP contribution in [0.3, 0.4) is 0 Å². The van der Waals surface area contributed by atoms with Crippen molar-refractivity contribution in [2.24, 2.45) is 10.9 Å². The minimum Gasteiger partial charge on any atom is -0.469 e. The van der Waals surface area contributed by atoms with E-state index < -0.39 is 0 Å². The SMILES string of the molecule is CC(C)C(=O)N1CCC(NC(=NCc2ccccc2)NCCc2ccco2)CC1.I. The van der Waals surface area contributed by atoms with E-state index in [0.29, 0.717) is 12.6 Å². The minimum absolute atomic E-state index is 0. The Bertz CT molecular complexity index is 770. The molecule has 6 nitrogen and oxygen atoms in total. The number of hydrogen-bond donors (Lipinski definition) is 2. The summed E-state index contributed by atoms with van der Waals surface area (Å²) in [5.74, 6) is 2.08. The Morgan fingerprint density at radius 2 is 1.90 bits per heavy atom. The lowest BCUT2D eigenvalue weighted by molar-refractivity contribution is -0.135. The molecule has 1 aliphatic rings. The zero-order valence-corrected chi connectivity index (χ0v) is 20.2. The quantitative estimate of drug-likeness (QED) is 0.328. The number of likely N-dealkylation sites (tertiary alicyclic amines) is 1. The van der Waals surface area contributed by atoms with Crippen molar-refractivity contribution in [2.75, 3.05) is 19.6 Å². The first-order chi connectivity index (χ1) is 14.1. The van der Waals surface area contributed by atoms with E-state index in [1.54, 1.807) is 6.26 Å². The molecule has 3 rings (SSSR count). The van der Waals surface area contributed by atoms with Gasteiger partial charge in [0.1, 0.15) is 5.76 Å². The molecule has 7 heteroatoms. The Morgan fingerprint density at radius 3 is 2.53 bits per heavy atom. The van der Waals surface area contributed by atoms with Gasteiger partial charge < -0.3 is 20.0 Å². The molecule has 2 N–H and O–H groups in total. The summed E-state index contributed by atoms with van der Waals surface area (Å²) >= 11 is 0. The Kier molecular flexibility index (Phi) is 10.2. The molecule has 0 bridgehead atoms. The number of hydrogen-bond acceptors (Lipinski definition) is 3. The highest BCUT2D eigenvalue weighted by atomic mass is 127. The van der Waals surface area contributed by atoms with Gasteiger partial charge in [-0.3, -0.25) is 4.79 Å². The summed E-state index contributed by atoms with van der Waals surface area (Å²) < 4.78 is 5.41. The van der Waals surface area contributed by atoms with Crippen molar-refractivity contribution in [2.45, 2.75) is 45.7 Å². The molecule has 0 unspecified atom stereocenters. The molecule has 1 saturated heterocycles. The summed E-state index contributed by atoms with van der Waals surface area (Å²) in [5.41, 5.74) is 1.18. The fourth-order valence-electron chi connectivity index (χ4n) is 3.47. The van der Waals surface area contributed by atoms with E-state index >= 15 is 0 Å². The second-order valence-electron chi connectivity index (χ2n) is 7.81. The fourth-order valence-corrected chi connectivity index (χ4v) is 3.47. The lowest BCUT2D eigenvalue weighted by Gasteiger charge is -2.34. The maximum atomic E-state index is 12.2. The van der Waals surface area contributed by atoms with Crippen molar-refractivity contribution >= 4 is 35.8 Å². The van der Waals surface area contributed by atoms with Crippen molar-refractivity contribution in [3.8, 4) is 0 Å². The highest BCUT2D eigenvalue weighted by molar-refractivity contribution is 14.0. The van der Waals surface area contributed by atoms with E-state index in [1.165, 1.54) is 5.56 Å². The number of piperidine rings is 1. The Labute approximate surface area is 196 Å². The Hall–Kier alpha value is -2.03. The Morgan fingerprint density at radius 1 is 1.17 bits per heavy atom. The van der Waals surface area contributed by atoms with E-state index in [0.717, 1.165) is 50.6 Å². The molecule has 2 aromatic rings. The lowest BCUT2D eigenvalue weighted by atomic mass is 10.0. The number of carbonyl (C=O) groups is 1. The first kappa shape index (κ1) is 24.2. The van der Waals surface area contributed by atoms with Gasteiger partial charge in [-0.05, 0) is 30.5 Å². The zero-order chi connectivity index (χ0) is 20.5. The first-order valence-corrected chi connectivity index (χ1v) is 10.5. The van der Waals surface area contributed by atoms with Gasteiger partial charge in [0.05, 0.1) is 12.8 Å². The summed E-state index contributed by atoms with van der Waals surface area (Å²) in [4.78, 5) is 19.0. The molecule has 1 aliphatic heterocycles. The predicted octanol–water partition coefficient (Wildman–Crippen LogP) is 3.82. The maximum Gasteiger partial charge on any atom is 0.225 e. The van der Waals surface area contributed by atoms with E-state index in [9.17, 15) is 4.79 Å². The van der Waals surface area contributed by atoms with Crippen molar-refractivity contribution in [3.05, 3.63) is 60.1 Å². The van der Waals surface area contributed by atoms with Crippen LogP contribution in [0.4, 0.5) is 0 Å². The van der Waals surface area contributed by atoms with Crippen LogP contribution in [-0.2, 0) is 17.8 Å². The summed E-state index contributed by atoms with van der Waals surface area (Å²) in [6, 6.07) is 14.5. The molecule has 1 amide bonds. The number of guanidine groups is 1. The largest absolute Gasteiger partial charge is 0.469 e. The number of carbonyl (C=O) groups excluding carboxylic acids is 1. The third-order valence-electron chi connectivity index (χ3n) is 5.15. The van der Waals surface area contributed by atoms with Gasteiger partial charge >= 0.3 is 0 Å². The number of nitrogens with zero attached hydrogens (tertiary/aromatic N) is 2. The number of nitrogens with one attached hydrogen (secondary N) is 2. The maximum absolute atomic E-state index is 12.2. The molecule has 1 aromatic carbocycles. The van der Waals surface area contributed by atoms with Gasteiger partial charge in [-0.15, -0.1) is 24.0 Å². The summed E-state index contributed by atoms with van der Waals surface area (Å²) in [6.07, 6.45) is 4.37. The summed E-state index contributed by atoms with van der Waals surface area (Å²) in [6.45, 7) is 6.90. The van der Waals surface area contributed by atoms with Crippen molar-refractivity contribution in [1.82, 2.24) is 15.5 Å². The lowest BCUT2D eigenvalue weighted by Crippen LogP contribution is -2.50. The molecule has 164 valence electrons. The summed E-state index contributed by atoms with van der Waals surface area (Å²) in [7, 11) is 0. The van der Waals surface area contributed by atoms with Gasteiger partial charge in [0.15, 0.2) is 5.96 Å². The number of amides is 1. The van der Waals surface area contributed by atoms with Crippen LogP contribution in [0.15, 0.2) is 58.1 Å². The van der Waals surface area contributed by atoms with Crippen LogP contribution in [0.2, 0.25) is 0 Å². The van der Waals surface area contributed by atoms with Crippen LogP contribution in [0.5, 0.6) is 0 Å². The van der Waals surface area contributed by atoms with Crippen LogP contribution in [0.1, 0.15) is 38.0 Å². The van der Waals surface area contributed by atoms with Gasteiger partial charge in [-0.25, -0.2) is 4.99 Å². The molecular weight excluding hydrogens is 491 g/mol. The molecule has 0 saturated carbocycles. The number of halogens is 1. The normalized spacial score (nSPS) is 15.0. The average molecular weight is 524 g/mol. The first-order valence-electron chi connectivity index (χ1n) is 10.5. The summed E-state index contributed by atoms with van der Waals surface area (Å²) in [5, 5.41) is 6.99. The third kappa shape index (κ3) is 7.66. The number of benzene rings is 1. The molecule has 0 spiro atoms. The monoisotopic (exact) mass is 524 g/mol. The van der Waals surface area contributed by atoms with Crippen molar-refractivity contribution in [3.63, 3.8) is 0 Å². The van der Waals surface area contributed by atoms with Crippen LogP contribution < -0.4 is 10.6 Å². The molecule has 1 fully saturated rings. The smallest absolute Gasteiger partial charge is 0.225 e. The van der Waals surface area contributed by atoms with Crippen molar-refractivity contribution < 1.29 is 9.21 Å². The van der Waals surface area contributed by atoms with E-state index in [2.05, 4.69) is 22.8 Å². The van der Waals surface area contributed by atoms with Crippen LogP contribution in [-0.4, -0.2) is 42.4 Å². The van der Waals surface area contributed by atoms with Gasteiger partial charge in [0.25, 0.3) is 0 Å². The van der Waals surface area contributed by atoms with Crippen LogP contribution in [0.25, 0.3) is 0 Å². The van der Waals surface area contributed by atoms with Crippen LogP contribution >= 0.6 is 24.0 Å². The average Bonchev–Trinajstić information content (AvgIpc) is 3.26. The second kappa shape index (κ2) is 12.6. The van der Waals surface area contributed by atoms with Crippen molar-refractivity contribution in [1.29, 1.82) is 0 Å². The molecule has 1 aromatic heterocycles. The minimum atomic E-state index is 0. The molecule has 0 atom stereocenters. The van der Waals surface area contributed by atoms with Gasteiger partial charge in [-0.2, -0.15) is 0 Å². The molecule has 0 radical (unpaired) electrons. The highest BCUT2D eigenvalue weighted by Gasteiger charge is 2.24. The topological polar surface area (TPSA) is 69.9 Å². The number of aliphatic imine (C=N–C) groups is 1. The van der Waals surface area contributed by atoms with E-state index in [1.807, 2.05) is 49.1 Å². The number of rotatable bonds is 7. The van der Waals surface area contributed by atoms with E-state index in [4.69, 9.17) is 9.41 Å². The van der Waals surface area contributed by atoms with E-state index in [-0.39, 0.29) is 35.8 Å². The van der Waals surface area contributed by atoms with Gasteiger partial charge in [0.2, 0.25) is 5.91 Å². The van der Waals surface area contributed by atoms with Crippen LogP contribution in [0, 0.1) is 5.92 Å². The predicted molar refractivity (Wildman–Crippen MR) is 131 cm³/mol. The molecule has 0 aliphatic carbocycles. The highest BCUT2D eigenvalue weighted by Crippen LogP contribution is 2.13. The third-order valence-corrected chi connectivity index (χ3v) is 5.15. The molecule has 30 heavy (non-hydrogen) atoms. The standard InChI is InChI=1S/C23H32N4O2.HI/c1-18(2)22(28)27-14-11-20(12-15-27)26-23(24-13-10-21-9-6-16-29-21)25-17-19-7-4-3-5-8-19;/h3-9,16,18,20H,10-15,17H2,1-2H3,(H2,24,25,26);1H. The van der Waals surface area contributed by atoms with Gasteiger partial charge in [-0.1, -0.05) is 44.2 Å². The molecular formula is C23H33IN4O2. The van der Waals surface area contributed by atoms with Gasteiger partial charge in [0, 0.05) is 38.0 Å². The number of furan rings is 1. The Balaban J connectivity index is 0.00000320.